The average molecular weight is 250 g/mol. The number of nitrogens with zero attached hydrogens (tertiary/aromatic N) is 2. The molecule has 5 heteroatoms. The topological polar surface area (TPSA) is 40.6 Å². The molecule has 0 radical (unpaired) electrons. The Labute approximate surface area is 104 Å². The molecule has 0 aromatic carbocycles. The summed E-state index contributed by atoms with van der Waals surface area (Å²) >= 11 is 1.45. The zero-order valence-electron chi connectivity index (χ0n) is 9.46. The summed E-state index contributed by atoms with van der Waals surface area (Å²) < 4.78 is 0. The van der Waals surface area contributed by atoms with Crippen LogP contribution < -0.4 is 0 Å². The second kappa shape index (κ2) is 5.14. The molecule has 0 N–H and O–H groups in total. The van der Waals surface area contributed by atoms with Crippen LogP contribution in [0.25, 0.3) is 0 Å². The van der Waals surface area contributed by atoms with Crippen LogP contribution in [-0.4, -0.2) is 47.8 Å². The van der Waals surface area contributed by atoms with Crippen molar-refractivity contribution in [3.05, 3.63) is 35.0 Å². The van der Waals surface area contributed by atoms with Gasteiger partial charge in [0.2, 0.25) is 5.91 Å². The summed E-state index contributed by atoms with van der Waals surface area (Å²) in [6.07, 6.45) is 1.32. The Morgan fingerprint density at radius 2 is 1.88 bits per heavy atom. The molecular formula is C12H14N2O2S. The molecule has 0 aliphatic carbocycles. The van der Waals surface area contributed by atoms with Crippen molar-refractivity contribution >= 4 is 23.2 Å². The summed E-state index contributed by atoms with van der Waals surface area (Å²) in [6.45, 7) is 5.82. The van der Waals surface area contributed by atoms with E-state index >= 15 is 0 Å². The van der Waals surface area contributed by atoms with E-state index in [-0.39, 0.29) is 11.8 Å². The normalized spacial score (nSPS) is 15.8. The van der Waals surface area contributed by atoms with Gasteiger partial charge in [0, 0.05) is 26.2 Å². The predicted molar refractivity (Wildman–Crippen MR) is 67.0 cm³/mol. The number of carbonyl (C=O) groups excluding carboxylic acids is 2. The van der Waals surface area contributed by atoms with Crippen LogP contribution in [-0.2, 0) is 4.79 Å². The van der Waals surface area contributed by atoms with Gasteiger partial charge in [0.1, 0.15) is 0 Å². The summed E-state index contributed by atoms with van der Waals surface area (Å²) in [5, 5.41) is 1.89. The van der Waals surface area contributed by atoms with Gasteiger partial charge < -0.3 is 9.80 Å². The van der Waals surface area contributed by atoms with E-state index < -0.39 is 0 Å². The molecule has 17 heavy (non-hydrogen) atoms. The van der Waals surface area contributed by atoms with E-state index in [0.29, 0.717) is 26.2 Å². The molecule has 4 nitrogen and oxygen atoms in total. The minimum atomic E-state index is -0.0618. The third kappa shape index (κ3) is 2.55. The first-order valence-corrected chi connectivity index (χ1v) is 6.34. The van der Waals surface area contributed by atoms with Gasteiger partial charge in [0.25, 0.3) is 5.91 Å². The van der Waals surface area contributed by atoms with E-state index in [0.717, 1.165) is 4.88 Å². The fraction of sp³-hybridized carbons (Fsp3) is 0.333. The van der Waals surface area contributed by atoms with E-state index in [1.165, 1.54) is 17.4 Å². The molecule has 0 unspecified atom stereocenters. The van der Waals surface area contributed by atoms with Crippen molar-refractivity contribution in [2.75, 3.05) is 26.2 Å². The van der Waals surface area contributed by atoms with Crippen LogP contribution in [0.1, 0.15) is 9.67 Å². The molecule has 1 aliphatic heterocycles. The smallest absolute Gasteiger partial charge is 0.264 e. The average Bonchev–Trinajstić information content (AvgIpc) is 2.91. The van der Waals surface area contributed by atoms with Crippen molar-refractivity contribution in [1.82, 2.24) is 9.80 Å². The lowest BCUT2D eigenvalue weighted by Crippen LogP contribution is -2.50. The lowest BCUT2D eigenvalue weighted by atomic mass is 10.3. The highest BCUT2D eigenvalue weighted by Gasteiger charge is 2.23. The third-order valence-electron chi connectivity index (χ3n) is 2.79. The summed E-state index contributed by atoms with van der Waals surface area (Å²) in [5.74, 6) is -0.000996. The number of thiophene rings is 1. The fourth-order valence-electron chi connectivity index (χ4n) is 1.82. The first-order valence-electron chi connectivity index (χ1n) is 5.46. The molecule has 2 amide bonds. The van der Waals surface area contributed by atoms with Gasteiger partial charge in [-0.25, -0.2) is 0 Å². The van der Waals surface area contributed by atoms with Crippen molar-refractivity contribution in [2.45, 2.75) is 0 Å². The van der Waals surface area contributed by atoms with E-state index in [1.54, 1.807) is 9.80 Å². The lowest BCUT2D eigenvalue weighted by Gasteiger charge is -2.34. The Kier molecular flexibility index (Phi) is 3.58. The van der Waals surface area contributed by atoms with Crippen LogP contribution in [0.5, 0.6) is 0 Å². The molecule has 1 aromatic heterocycles. The van der Waals surface area contributed by atoms with Gasteiger partial charge in [-0.2, -0.15) is 0 Å². The molecule has 0 bridgehead atoms. The Balaban J connectivity index is 1.93. The molecule has 1 saturated heterocycles. The molecule has 2 heterocycles. The molecule has 1 aromatic rings. The van der Waals surface area contributed by atoms with Crippen molar-refractivity contribution in [1.29, 1.82) is 0 Å². The Morgan fingerprint density at radius 1 is 1.24 bits per heavy atom. The molecule has 1 aliphatic rings. The number of hydrogen-bond donors (Lipinski definition) is 0. The molecular weight excluding hydrogens is 236 g/mol. The number of amides is 2. The summed E-state index contributed by atoms with van der Waals surface area (Å²) in [7, 11) is 0. The predicted octanol–water partition coefficient (Wildman–Crippen LogP) is 1.22. The molecule has 2 rings (SSSR count). The standard InChI is InChI=1S/C12H14N2O2S/c1-2-11(15)13-5-7-14(8-6-13)12(16)10-4-3-9-17-10/h2-4,9H,1,5-8H2. The Morgan fingerprint density at radius 3 is 2.41 bits per heavy atom. The second-order valence-corrected chi connectivity index (χ2v) is 4.75. The van der Waals surface area contributed by atoms with Crippen LogP contribution >= 0.6 is 11.3 Å². The number of piperazine rings is 1. The SMILES string of the molecule is C=CC(=O)N1CCN(C(=O)c2cccs2)CC1. The molecule has 90 valence electrons. The largest absolute Gasteiger partial charge is 0.336 e. The molecule has 1 fully saturated rings. The minimum absolute atomic E-state index is 0.0608. The zero-order valence-corrected chi connectivity index (χ0v) is 10.3. The van der Waals surface area contributed by atoms with Crippen molar-refractivity contribution < 1.29 is 9.59 Å². The highest BCUT2D eigenvalue weighted by Crippen LogP contribution is 2.13. The first kappa shape index (κ1) is 11.9. The number of carbonyl (C=O) groups is 2. The van der Waals surface area contributed by atoms with Crippen LogP contribution in [0.3, 0.4) is 0 Å². The number of hydrogen-bond acceptors (Lipinski definition) is 3. The molecule has 0 atom stereocenters. The van der Waals surface area contributed by atoms with Crippen LogP contribution in [0.15, 0.2) is 30.2 Å². The van der Waals surface area contributed by atoms with E-state index in [9.17, 15) is 9.59 Å². The van der Waals surface area contributed by atoms with Gasteiger partial charge >= 0.3 is 0 Å². The van der Waals surface area contributed by atoms with E-state index in [1.807, 2.05) is 17.5 Å². The van der Waals surface area contributed by atoms with Gasteiger partial charge in [0.05, 0.1) is 4.88 Å². The first-order chi connectivity index (χ1) is 8.22. The van der Waals surface area contributed by atoms with Crippen molar-refractivity contribution in [3.8, 4) is 0 Å². The number of rotatable bonds is 2. The van der Waals surface area contributed by atoms with Crippen LogP contribution in [0.2, 0.25) is 0 Å². The van der Waals surface area contributed by atoms with E-state index in [4.69, 9.17) is 0 Å². The molecule has 0 saturated carbocycles. The Bertz CT molecular complexity index is 420. The second-order valence-electron chi connectivity index (χ2n) is 3.80. The lowest BCUT2D eigenvalue weighted by molar-refractivity contribution is -0.127. The minimum Gasteiger partial charge on any atom is -0.336 e. The summed E-state index contributed by atoms with van der Waals surface area (Å²) in [6, 6.07) is 3.70. The monoisotopic (exact) mass is 250 g/mol. The van der Waals surface area contributed by atoms with Gasteiger partial charge in [-0.3, -0.25) is 9.59 Å². The summed E-state index contributed by atoms with van der Waals surface area (Å²) in [5.41, 5.74) is 0. The van der Waals surface area contributed by atoms with E-state index in [2.05, 4.69) is 6.58 Å². The van der Waals surface area contributed by atoms with Crippen molar-refractivity contribution in [2.24, 2.45) is 0 Å². The highest BCUT2D eigenvalue weighted by molar-refractivity contribution is 7.12. The van der Waals surface area contributed by atoms with Gasteiger partial charge in [-0.05, 0) is 17.5 Å². The van der Waals surface area contributed by atoms with Crippen LogP contribution in [0, 0.1) is 0 Å². The van der Waals surface area contributed by atoms with Gasteiger partial charge in [0.15, 0.2) is 0 Å². The third-order valence-corrected chi connectivity index (χ3v) is 3.64. The maximum atomic E-state index is 12.0. The highest BCUT2D eigenvalue weighted by atomic mass is 32.1. The zero-order chi connectivity index (χ0) is 12.3. The van der Waals surface area contributed by atoms with Crippen molar-refractivity contribution in [3.63, 3.8) is 0 Å². The maximum absolute atomic E-state index is 12.0. The van der Waals surface area contributed by atoms with Crippen LogP contribution in [0.4, 0.5) is 0 Å². The fourth-order valence-corrected chi connectivity index (χ4v) is 2.51. The molecule has 0 spiro atoms. The van der Waals surface area contributed by atoms with Gasteiger partial charge in [-0.15, -0.1) is 11.3 Å². The Hall–Kier alpha value is -1.62. The van der Waals surface area contributed by atoms with Gasteiger partial charge in [-0.1, -0.05) is 12.6 Å². The maximum Gasteiger partial charge on any atom is 0.264 e. The summed E-state index contributed by atoms with van der Waals surface area (Å²) in [4.78, 5) is 27.7. The quantitative estimate of drug-likeness (QED) is 0.740.